The van der Waals surface area contributed by atoms with Crippen LogP contribution in [0.25, 0.3) is 0 Å². The molecule has 1 aromatic carbocycles. The van der Waals surface area contributed by atoms with Gasteiger partial charge in [-0.05, 0) is 43.8 Å². The fourth-order valence-corrected chi connectivity index (χ4v) is 2.85. The lowest BCUT2D eigenvalue weighted by atomic mass is 10.1. The Morgan fingerprint density at radius 1 is 1.50 bits per heavy atom. The molecule has 0 aliphatic heterocycles. The van der Waals surface area contributed by atoms with E-state index in [2.05, 4.69) is 25.1 Å². The van der Waals surface area contributed by atoms with Gasteiger partial charge in [0, 0.05) is 12.6 Å². The maximum Gasteiger partial charge on any atom is 0.240 e. The predicted molar refractivity (Wildman–Crippen MR) is 85.7 cm³/mol. The van der Waals surface area contributed by atoms with Gasteiger partial charge >= 0.3 is 0 Å². The Bertz CT molecular complexity index is 460. The SMILES string of the molecule is CSCC[C@H](N)C(=O)N(Cc1cccc(C)c1)C1CC1. The summed E-state index contributed by atoms with van der Waals surface area (Å²) in [4.78, 5) is 14.5. The number of hydrogen-bond acceptors (Lipinski definition) is 3. The third-order valence-corrected chi connectivity index (χ3v) is 4.30. The zero-order valence-electron chi connectivity index (χ0n) is 12.3. The average molecular weight is 292 g/mol. The molecule has 1 aliphatic carbocycles. The van der Waals surface area contributed by atoms with E-state index in [4.69, 9.17) is 5.73 Å². The normalized spacial score (nSPS) is 15.9. The maximum absolute atomic E-state index is 12.5. The minimum atomic E-state index is -0.354. The molecular formula is C16H24N2OS. The van der Waals surface area contributed by atoms with Crippen LogP contribution in [0.5, 0.6) is 0 Å². The van der Waals surface area contributed by atoms with Crippen molar-refractivity contribution in [2.75, 3.05) is 12.0 Å². The molecule has 4 heteroatoms. The number of carbonyl (C=O) groups is 1. The fraction of sp³-hybridized carbons (Fsp3) is 0.562. The number of nitrogens with two attached hydrogens (primary N) is 1. The smallest absolute Gasteiger partial charge is 0.240 e. The molecule has 1 aromatic rings. The highest BCUT2D eigenvalue weighted by atomic mass is 32.2. The second kappa shape index (κ2) is 7.14. The summed E-state index contributed by atoms with van der Waals surface area (Å²) in [7, 11) is 0. The van der Waals surface area contributed by atoms with E-state index >= 15 is 0 Å². The lowest BCUT2D eigenvalue weighted by molar-refractivity contribution is -0.133. The van der Waals surface area contributed by atoms with Crippen molar-refractivity contribution in [1.82, 2.24) is 4.90 Å². The van der Waals surface area contributed by atoms with Gasteiger partial charge in [0.15, 0.2) is 0 Å². The standard InChI is InChI=1S/C16H24N2OS/c1-12-4-3-5-13(10-12)11-18(14-6-7-14)16(19)15(17)8-9-20-2/h3-5,10,14-15H,6-9,11,17H2,1-2H3/t15-/m0/s1. The molecule has 20 heavy (non-hydrogen) atoms. The van der Waals surface area contributed by atoms with E-state index in [1.807, 2.05) is 17.2 Å². The largest absolute Gasteiger partial charge is 0.334 e. The van der Waals surface area contributed by atoms with Gasteiger partial charge in [-0.15, -0.1) is 0 Å². The van der Waals surface area contributed by atoms with Crippen LogP contribution in [0.4, 0.5) is 0 Å². The first kappa shape index (κ1) is 15.4. The highest BCUT2D eigenvalue weighted by molar-refractivity contribution is 7.98. The highest BCUT2D eigenvalue weighted by Gasteiger charge is 2.34. The zero-order valence-corrected chi connectivity index (χ0v) is 13.2. The molecule has 0 heterocycles. The average Bonchev–Trinajstić information content (AvgIpc) is 3.26. The Kier molecular flexibility index (Phi) is 5.49. The van der Waals surface area contributed by atoms with Crippen LogP contribution < -0.4 is 5.73 Å². The third kappa shape index (κ3) is 4.25. The Hall–Kier alpha value is -1.00. The van der Waals surface area contributed by atoms with Crippen molar-refractivity contribution < 1.29 is 4.79 Å². The first-order valence-corrected chi connectivity index (χ1v) is 8.61. The predicted octanol–water partition coefficient (Wildman–Crippen LogP) is 2.57. The summed E-state index contributed by atoms with van der Waals surface area (Å²) >= 11 is 1.74. The van der Waals surface area contributed by atoms with Gasteiger partial charge in [0.25, 0.3) is 0 Å². The van der Waals surface area contributed by atoms with E-state index in [0.717, 1.165) is 25.0 Å². The maximum atomic E-state index is 12.5. The summed E-state index contributed by atoms with van der Waals surface area (Å²) in [5.41, 5.74) is 8.48. The first-order chi connectivity index (χ1) is 9.61. The van der Waals surface area contributed by atoms with E-state index in [1.54, 1.807) is 11.8 Å². The summed E-state index contributed by atoms with van der Waals surface area (Å²) in [6, 6.07) is 8.42. The summed E-state index contributed by atoms with van der Waals surface area (Å²) in [6.07, 6.45) is 5.04. The van der Waals surface area contributed by atoms with E-state index in [-0.39, 0.29) is 11.9 Å². The molecule has 0 spiro atoms. The number of nitrogens with zero attached hydrogens (tertiary/aromatic N) is 1. The molecule has 0 aromatic heterocycles. The van der Waals surface area contributed by atoms with E-state index in [1.165, 1.54) is 11.1 Å². The summed E-state index contributed by atoms with van der Waals surface area (Å²) in [5.74, 6) is 1.05. The fourth-order valence-electron chi connectivity index (χ4n) is 2.36. The Morgan fingerprint density at radius 3 is 2.85 bits per heavy atom. The monoisotopic (exact) mass is 292 g/mol. The van der Waals surface area contributed by atoms with Crippen molar-refractivity contribution in [3.8, 4) is 0 Å². The van der Waals surface area contributed by atoms with Gasteiger partial charge in [-0.3, -0.25) is 4.79 Å². The number of thioether (sulfide) groups is 1. The van der Waals surface area contributed by atoms with Gasteiger partial charge in [0.2, 0.25) is 5.91 Å². The molecule has 0 saturated heterocycles. The Labute approximate surface area is 125 Å². The van der Waals surface area contributed by atoms with Crippen LogP contribution in [0.15, 0.2) is 24.3 Å². The molecule has 0 unspecified atom stereocenters. The third-order valence-electron chi connectivity index (χ3n) is 3.66. The topological polar surface area (TPSA) is 46.3 Å². The molecule has 1 atom stereocenters. The molecule has 110 valence electrons. The van der Waals surface area contributed by atoms with Crippen molar-refractivity contribution in [3.63, 3.8) is 0 Å². The molecule has 0 radical (unpaired) electrons. The number of hydrogen-bond donors (Lipinski definition) is 1. The lowest BCUT2D eigenvalue weighted by Crippen LogP contribution is -2.44. The first-order valence-electron chi connectivity index (χ1n) is 7.22. The minimum absolute atomic E-state index is 0.114. The van der Waals surface area contributed by atoms with E-state index < -0.39 is 0 Å². The second-order valence-corrected chi connectivity index (χ2v) is 6.56. The van der Waals surface area contributed by atoms with E-state index in [9.17, 15) is 4.79 Å². The molecule has 1 saturated carbocycles. The molecular weight excluding hydrogens is 268 g/mol. The van der Waals surface area contributed by atoms with Crippen LogP contribution in [0.3, 0.4) is 0 Å². The summed E-state index contributed by atoms with van der Waals surface area (Å²) < 4.78 is 0. The van der Waals surface area contributed by atoms with Crippen LogP contribution in [0, 0.1) is 6.92 Å². The van der Waals surface area contributed by atoms with Gasteiger partial charge in [-0.25, -0.2) is 0 Å². The number of carbonyl (C=O) groups excluding carboxylic acids is 1. The number of rotatable bonds is 7. The van der Waals surface area contributed by atoms with Crippen molar-refractivity contribution >= 4 is 17.7 Å². The van der Waals surface area contributed by atoms with Crippen LogP contribution in [0.1, 0.15) is 30.4 Å². The Morgan fingerprint density at radius 2 is 2.25 bits per heavy atom. The molecule has 1 aliphatic rings. The molecule has 2 N–H and O–H groups in total. The summed E-state index contributed by atoms with van der Waals surface area (Å²) in [6.45, 7) is 2.77. The molecule has 1 amide bonds. The quantitative estimate of drug-likeness (QED) is 0.840. The van der Waals surface area contributed by atoms with Gasteiger partial charge in [0.05, 0.1) is 6.04 Å². The zero-order chi connectivity index (χ0) is 14.5. The van der Waals surface area contributed by atoms with Crippen LogP contribution >= 0.6 is 11.8 Å². The van der Waals surface area contributed by atoms with Crippen molar-refractivity contribution in [1.29, 1.82) is 0 Å². The second-order valence-electron chi connectivity index (χ2n) is 5.57. The van der Waals surface area contributed by atoms with Crippen molar-refractivity contribution in [2.45, 2.75) is 44.8 Å². The molecule has 2 rings (SSSR count). The van der Waals surface area contributed by atoms with Gasteiger partial charge < -0.3 is 10.6 Å². The van der Waals surface area contributed by atoms with E-state index in [0.29, 0.717) is 12.6 Å². The number of aryl methyl sites for hydroxylation is 1. The van der Waals surface area contributed by atoms with Gasteiger partial charge in [-0.1, -0.05) is 29.8 Å². The van der Waals surface area contributed by atoms with Crippen LogP contribution in [-0.2, 0) is 11.3 Å². The van der Waals surface area contributed by atoms with Crippen molar-refractivity contribution in [3.05, 3.63) is 35.4 Å². The lowest BCUT2D eigenvalue weighted by Gasteiger charge is -2.26. The van der Waals surface area contributed by atoms with Crippen molar-refractivity contribution in [2.24, 2.45) is 5.73 Å². The Balaban J connectivity index is 2.01. The summed E-state index contributed by atoms with van der Waals surface area (Å²) in [5, 5.41) is 0. The van der Waals surface area contributed by atoms with Gasteiger partial charge in [-0.2, -0.15) is 11.8 Å². The highest BCUT2D eigenvalue weighted by Crippen LogP contribution is 2.29. The van der Waals surface area contributed by atoms with Gasteiger partial charge in [0.1, 0.15) is 0 Å². The molecule has 1 fully saturated rings. The number of benzene rings is 1. The number of amides is 1. The van der Waals surface area contributed by atoms with Crippen LogP contribution in [-0.4, -0.2) is 34.9 Å². The molecule has 3 nitrogen and oxygen atoms in total. The minimum Gasteiger partial charge on any atom is -0.334 e. The van der Waals surface area contributed by atoms with Crippen LogP contribution in [0.2, 0.25) is 0 Å². The molecule has 0 bridgehead atoms.